The molecule has 2 saturated heterocycles. The number of thioether (sulfide) groups is 2. The fourth-order valence-electron chi connectivity index (χ4n) is 2.55. The SMILES string of the molecule is CCCCSC1NC(=O)C2SC(=S)N(c3ccc(Cl)cc3)C2N1. The molecule has 0 bridgehead atoms. The van der Waals surface area contributed by atoms with Gasteiger partial charge in [0.2, 0.25) is 5.91 Å². The van der Waals surface area contributed by atoms with Crippen LogP contribution in [0.25, 0.3) is 0 Å². The number of halogens is 1. The van der Waals surface area contributed by atoms with Gasteiger partial charge in [-0.05, 0) is 36.4 Å². The van der Waals surface area contributed by atoms with Crippen LogP contribution >= 0.6 is 47.3 Å². The van der Waals surface area contributed by atoms with Crippen LogP contribution in [-0.4, -0.2) is 32.9 Å². The number of hydrogen-bond donors (Lipinski definition) is 2. The van der Waals surface area contributed by atoms with Gasteiger partial charge in [-0.1, -0.05) is 48.9 Å². The van der Waals surface area contributed by atoms with Gasteiger partial charge in [0.05, 0.1) is 0 Å². The molecule has 23 heavy (non-hydrogen) atoms. The van der Waals surface area contributed by atoms with Crippen LogP contribution in [0.2, 0.25) is 5.02 Å². The number of rotatable bonds is 5. The van der Waals surface area contributed by atoms with E-state index >= 15 is 0 Å². The zero-order valence-electron chi connectivity index (χ0n) is 12.6. The summed E-state index contributed by atoms with van der Waals surface area (Å²) >= 11 is 14.6. The number of anilines is 1. The Balaban J connectivity index is 1.77. The molecule has 3 atom stereocenters. The molecular weight excluding hydrogens is 370 g/mol. The van der Waals surface area contributed by atoms with Crippen LogP contribution in [0.15, 0.2) is 24.3 Å². The summed E-state index contributed by atoms with van der Waals surface area (Å²) in [7, 11) is 0. The van der Waals surface area contributed by atoms with Crippen molar-refractivity contribution in [1.82, 2.24) is 10.6 Å². The minimum Gasteiger partial charge on any atom is -0.331 e. The van der Waals surface area contributed by atoms with Gasteiger partial charge in [0.15, 0.2) is 0 Å². The number of thiocarbonyl (C=S) groups is 1. The minimum atomic E-state index is -0.221. The summed E-state index contributed by atoms with van der Waals surface area (Å²) in [5.74, 6) is 1.07. The minimum absolute atomic E-state index is 0.0477. The van der Waals surface area contributed by atoms with Crippen LogP contribution in [-0.2, 0) is 4.79 Å². The standard InChI is InChI=1S/C15H18ClN3OS3/c1-2-3-8-22-14-17-12-11(13(20)18-14)23-15(21)19(12)10-6-4-9(16)5-7-10/h4-7,11-12,14,17H,2-3,8H2,1H3,(H,18,20). The Kier molecular flexibility index (Phi) is 5.74. The molecule has 4 nitrogen and oxygen atoms in total. The van der Waals surface area contributed by atoms with E-state index in [1.807, 2.05) is 29.2 Å². The fourth-order valence-corrected chi connectivity index (χ4v) is 5.38. The first-order valence-corrected chi connectivity index (χ1v) is 10.2. The molecule has 3 rings (SSSR count). The molecule has 1 aromatic carbocycles. The average Bonchev–Trinajstić information content (AvgIpc) is 2.86. The molecule has 2 heterocycles. The van der Waals surface area contributed by atoms with Crippen molar-refractivity contribution in [3.63, 3.8) is 0 Å². The van der Waals surface area contributed by atoms with Crippen molar-refractivity contribution in [2.45, 2.75) is 36.7 Å². The normalized spacial score (nSPS) is 27.0. The highest BCUT2D eigenvalue weighted by atomic mass is 35.5. The molecule has 0 aliphatic carbocycles. The quantitative estimate of drug-likeness (QED) is 0.596. The predicted octanol–water partition coefficient (Wildman–Crippen LogP) is 3.41. The Bertz CT molecular complexity index is 598. The topological polar surface area (TPSA) is 44.4 Å². The molecule has 8 heteroatoms. The molecule has 0 saturated carbocycles. The average molecular weight is 388 g/mol. The smallest absolute Gasteiger partial charge is 0.238 e. The maximum atomic E-state index is 12.4. The van der Waals surface area contributed by atoms with Gasteiger partial charge >= 0.3 is 0 Å². The molecule has 3 unspecified atom stereocenters. The molecule has 2 aliphatic heterocycles. The highest BCUT2D eigenvalue weighted by Gasteiger charge is 2.47. The van der Waals surface area contributed by atoms with Gasteiger partial charge in [-0.25, -0.2) is 0 Å². The van der Waals surface area contributed by atoms with E-state index in [9.17, 15) is 4.79 Å². The first-order valence-electron chi connectivity index (χ1n) is 7.53. The highest BCUT2D eigenvalue weighted by molar-refractivity contribution is 8.24. The molecule has 0 spiro atoms. The number of benzene rings is 1. The van der Waals surface area contributed by atoms with Gasteiger partial charge in [0, 0.05) is 10.7 Å². The number of nitrogens with one attached hydrogen (secondary N) is 2. The van der Waals surface area contributed by atoms with Crippen LogP contribution in [0.3, 0.4) is 0 Å². The first-order chi connectivity index (χ1) is 11.1. The van der Waals surface area contributed by atoms with Crippen molar-refractivity contribution in [1.29, 1.82) is 0 Å². The Morgan fingerprint density at radius 3 is 2.83 bits per heavy atom. The van der Waals surface area contributed by atoms with Crippen LogP contribution in [0, 0.1) is 0 Å². The molecule has 1 amide bonds. The Labute approximate surface area is 155 Å². The first kappa shape index (κ1) is 17.4. The maximum Gasteiger partial charge on any atom is 0.238 e. The summed E-state index contributed by atoms with van der Waals surface area (Å²) in [6.45, 7) is 2.16. The van der Waals surface area contributed by atoms with Gasteiger partial charge < -0.3 is 10.2 Å². The number of amides is 1. The van der Waals surface area contributed by atoms with Gasteiger partial charge in [-0.15, -0.1) is 11.8 Å². The summed E-state index contributed by atoms with van der Waals surface area (Å²) in [6.07, 6.45) is 2.17. The zero-order chi connectivity index (χ0) is 16.4. The van der Waals surface area contributed by atoms with Crippen LogP contribution in [0.1, 0.15) is 19.8 Å². The largest absolute Gasteiger partial charge is 0.331 e. The number of nitrogens with zero attached hydrogens (tertiary/aromatic N) is 1. The van der Waals surface area contributed by atoms with Gasteiger partial charge in [0.25, 0.3) is 0 Å². The van der Waals surface area contributed by atoms with E-state index in [1.165, 1.54) is 11.8 Å². The molecule has 2 N–H and O–H groups in total. The molecule has 0 radical (unpaired) electrons. The Morgan fingerprint density at radius 1 is 1.39 bits per heavy atom. The number of carbonyl (C=O) groups is 1. The van der Waals surface area contributed by atoms with Crippen LogP contribution in [0.4, 0.5) is 5.69 Å². The van der Waals surface area contributed by atoms with Crippen molar-refractivity contribution in [3.05, 3.63) is 29.3 Å². The highest BCUT2D eigenvalue weighted by Crippen LogP contribution is 2.37. The van der Waals surface area contributed by atoms with E-state index in [0.29, 0.717) is 9.34 Å². The van der Waals surface area contributed by atoms with E-state index < -0.39 is 0 Å². The number of fused-ring (bicyclic) bond motifs is 1. The van der Waals surface area contributed by atoms with Crippen molar-refractivity contribution >= 4 is 63.3 Å². The lowest BCUT2D eigenvalue weighted by molar-refractivity contribution is -0.122. The molecule has 1 aromatic rings. The van der Waals surface area contributed by atoms with E-state index in [-0.39, 0.29) is 22.8 Å². The molecule has 2 fully saturated rings. The molecule has 124 valence electrons. The van der Waals surface area contributed by atoms with Gasteiger partial charge in [0.1, 0.15) is 21.2 Å². The maximum absolute atomic E-state index is 12.4. The zero-order valence-corrected chi connectivity index (χ0v) is 15.8. The lowest BCUT2D eigenvalue weighted by Crippen LogP contribution is -2.64. The molecular formula is C15H18ClN3OS3. The van der Waals surface area contributed by atoms with Crippen molar-refractivity contribution in [3.8, 4) is 0 Å². The number of carbonyl (C=O) groups excluding carboxylic acids is 1. The fraction of sp³-hybridized carbons (Fsp3) is 0.467. The third-order valence-electron chi connectivity index (χ3n) is 3.73. The third kappa shape index (κ3) is 3.79. The lowest BCUT2D eigenvalue weighted by Gasteiger charge is -2.36. The van der Waals surface area contributed by atoms with Crippen LogP contribution < -0.4 is 15.5 Å². The number of unbranched alkanes of at least 4 members (excludes halogenated alkanes) is 1. The predicted molar refractivity (Wildman–Crippen MR) is 104 cm³/mol. The second-order valence-corrected chi connectivity index (χ2v) is 8.80. The Morgan fingerprint density at radius 2 is 2.13 bits per heavy atom. The second kappa shape index (κ2) is 7.61. The Hall–Kier alpha value is -0.470. The summed E-state index contributed by atoms with van der Waals surface area (Å²) in [6, 6.07) is 7.55. The second-order valence-electron chi connectivity index (χ2n) is 5.38. The van der Waals surface area contributed by atoms with E-state index in [4.69, 9.17) is 23.8 Å². The number of hydrogen-bond acceptors (Lipinski definition) is 5. The lowest BCUT2D eigenvalue weighted by atomic mass is 10.2. The summed E-state index contributed by atoms with van der Waals surface area (Å²) in [4.78, 5) is 14.4. The van der Waals surface area contributed by atoms with Gasteiger partial charge in [-0.3, -0.25) is 10.1 Å². The third-order valence-corrected chi connectivity index (χ3v) is 6.70. The summed E-state index contributed by atoms with van der Waals surface area (Å²) in [5.41, 5.74) is 0.880. The van der Waals surface area contributed by atoms with Crippen molar-refractivity contribution in [2.75, 3.05) is 10.7 Å². The summed E-state index contributed by atoms with van der Waals surface area (Å²) in [5, 5.41) is 7.01. The monoisotopic (exact) mass is 387 g/mol. The van der Waals surface area contributed by atoms with Gasteiger partial charge in [-0.2, -0.15) is 0 Å². The molecule has 2 aliphatic rings. The van der Waals surface area contributed by atoms with Crippen LogP contribution in [0.5, 0.6) is 0 Å². The molecule has 0 aromatic heterocycles. The summed E-state index contributed by atoms with van der Waals surface area (Å²) < 4.78 is 0.712. The van der Waals surface area contributed by atoms with Crippen molar-refractivity contribution in [2.24, 2.45) is 0 Å². The van der Waals surface area contributed by atoms with E-state index in [2.05, 4.69) is 17.6 Å². The van der Waals surface area contributed by atoms with Crippen molar-refractivity contribution < 1.29 is 4.79 Å². The van der Waals surface area contributed by atoms with E-state index in [0.717, 1.165) is 24.3 Å². The van der Waals surface area contributed by atoms with E-state index in [1.54, 1.807) is 11.8 Å².